The fraction of sp³-hybridized carbons (Fsp3) is 0.250. The van der Waals surface area contributed by atoms with Crippen LogP contribution in [-0.4, -0.2) is 26.3 Å². The first kappa shape index (κ1) is 22.1. The smallest absolute Gasteiger partial charge is 0.119 e. The van der Waals surface area contributed by atoms with Crippen LogP contribution in [0.3, 0.4) is 0 Å². The van der Waals surface area contributed by atoms with Crippen LogP contribution in [0.5, 0.6) is 5.75 Å². The van der Waals surface area contributed by atoms with Crippen molar-refractivity contribution in [1.82, 2.24) is 0 Å². The lowest BCUT2D eigenvalue weighted by molar-refractivity contribution is 0.122. The van der Waals surface area contributed by atoms with Gasteiger partial charge >= 0.3 is 0 Å². The van der Waals surface area contributed by atoms with E-state index < -0.39 is 0 Å². The average Bonchev–Trinajstić information content (AvgIpc) is 2.78. The standard InChI is InChI=1S/C24H23Cl3N2O2/c25-19-4-3-18(22(26)13-19)16-31-21-6-1-17(2-7-21)15-28-20-5-8-24(23(27)14-20)29-9-11-30-12-10-29/h1-8,13-14,28H,9-12,15-16H2. The predicted molar refractivity (Wildman–Crippen MR) is 129 cm³/mol. The summed E-state index contributed by atoms with van der Waals surface area (Å²) in [5.41, 5.74) is 4.08. The summed E-state index contributed by atoms with van der Waals surface area (Å²) in [6, 6.07) is 19.5. The van der Waals surface area contributed by atoms with E-state index in [1.165, 1.54) is 0 Å². The summed E-state index contributed by atoms with van der Waals surface area (Å²) in [6.45, 7) is 4.29. The Labute approximate surface area is 197 Å². The van der Waals surface area contributed by atoms with Crippen molar-refractivity contribution in [3.05, 3.63) is 86.9 Å². The van der Waals surface area contributed by atoms with Gasteiger partial charge in [0.2, 0.25) is 0 Å². The number of nitrogens with one attached hydrogen (secondary N) is 1. The molecule has 4 nitrogen and oxygen atoms in total. The fourth-order valence-corrected chi connectivity index (χ4v) is 4.15. The van der Waals surface area contributed by atoms with E-state index >= 15 is 0 Å². The number of hydrogen-bond acceptors (Lipinski definition) is 4. The van der Waals surface area contributed by atoms with Gasteiger partial charge < -0.3 is 19.7 Å². The minimum atomic E-state index is 0.390. The highest BCUT2D eigenvalue weighted by molar-refractivity contribution is 6.35. The largest absolute Gasteiger partial charge is 0.489 e. The second kappa shape index (κ2) is 10.5. The molecule has 0 spiro atoms. The first-order chi connectivity index (χ1) is 15.1. The molecular formula is C24H23Cl3N2O2. The molecule has 0 aromatic heterocycles. The molecule has 1 aliphatic heterocycles. The second-order valence-corrected chi connectivity index (χ2v) is 8.54. The van der Waals surface area contributed by atoms with Gasteiger partial charge in [-0.15, -0.1) is 0 Å². The molecular weight excluding hydrogens is 455 g/mol. The number of ether oxygens (including phenoxy) is 2. The molecule has 3 aromatic rings. The van der Waals surface area contributed by atoms with Gasteiger partial charge in [-0.05, 0) is 48.0 Å². The van der Waals surface area contributed by atoms with Crippen LogP contribution in [0.25, 0.3) is 0 Å². The Morgan fingerprint density at radius 1 is 0.871 bits per heavy atom. The number of rotatable bonds is 7. The van der Waals surface area contributed by atoms with Crippen molar-refractivity contribution >= 4 is 46.2 Å². The maximum atomic E-state index is 6.51. The lowest BCUT2D eigenvalue weighted by Crippen LogP contribution is -2.36. The zero-order chi connectivity index (χ0) is 21.6. The highest BCUT2D eigenvalue weighted by Gasteiger charge is 2.14. The monoisotopic (exact) mass is 476 g/mol. The van der Waals surface area contributed by atoms with E-state index in [9.17, 15) is 0 Å². The average molecular weight is 478 g/mol. The number of halogens is 3. The van der Waals surface area contributed by atoms with Gasteiger partial charge in [-0.3, -0.25) is 0 Å². The molecule has 31 heavy (non-hydrogen) atoms. The zero-order valence-electron chi connectivity index (χ0n) is 16.9. The van der Waals surface area contributed by atoms with E-state index in [4.69, 9.17) is 44.3 Å². The maximum Gasteiger partial charge on any atom is 0.119 e. The lowest BCUT2D eigenvalue weighted by atomic mass is 10.2. The van der Waals surface area contributed by atoms with Gasteiger partial charge in [0, 0.05) is 40.9 Å². The summed E-state index contributed by atoms with van der Waals surface area (Å²) in [6.07, 6.45) is 0. The molecule has 162 valence electrons. The number of benzene rings is 3. The third-order valence-corrected chi connectivity index (χ3v) is 6.02. The minimum absolute atomic E-state index is 0.390. The SMILES string of the molecule is Clc1ccc(COc2ccc(CNc3ccc(N4CCOCC4)c(Cl)c3)cc2)c(Cl)c1. The van der Waals surface area contributed by atoms with E-state index in [0.29, 0.717) is 23.2 Å². The molecule has 1 fully saturated rings. The first-order valence-electron chi connectivity index (χ1n) is 10.1. The summed E-state index contributed by atoms with van der Waals surface area (Å²) in [7, 11) is 0. The summed E-state index contributed by atoms with van der Waals surface area (Å²) in [4.78, 5) is 2.26. The first-order valence-corrected chi connectivity index (χ1v) is 11.2. The predicted octanol–water partition coefficient (Wildman–Crippen LogP) is 6.67. The van der Waals surface area contributed by atoms with Crippen LogP contribution in [0.4, 0.5) is 11.4 Å². The molecule has 0 unspecified atom stereocenters. The molecule has 1 saturated heterocycles. The van der Waals surface area contributed by atoms with Crippen LogP contribution < -0.4 is 15.0 Å². The third kappa shape index (κ3) is 5.98. The van der Waals surface area contributed by atoms with Crippen molar-refractivity contribution in [3.63, 3.8) is 0 Å². The molecule has 4 rings (SSSR count). The molecule has 0 bridgehead atoms. The Morgan fingerprint density at radius 2 is 1.65 bits per heavy atom. The van der Waals surface area contributed by atoms with E-state index in [1.807, 2.05) is 36.4 Å². The van der Waals surface area contributed by atoms with Gasteiger partial charge in [-0.2, -0.15) is 0 Å². The van der Waals surface area contributed by atoms with Gasteiger partial charge in [-0.25, -0.2) is 0 Å². The minimum Gasteiger partial charge on any atom is -0.489 e. The molecule has 0 atom stereocenters. The van der Waals surface area contributed by atoms with Crippen molar-refractivity contribution in [2.75, 3.05) is 36.5 Å². The van der Waals surface area contributed by atoms with Crippen LogP contribution in [-0.2, 0) is 17.9 Å². The van der Waals surface area contributed by atoms with E-state index in [2.05, 4.69) is 22.3 Å². The van der Waals surface area contributed by atoms with Gasteiger partial charge in [0.25, 0.3) is 0 Å². The lowest BCUT2D eigenvalue weighted by Gasteiger charge is -2.29. The topological polar surface area (TPSA) is 33.7 Å². The Balaban J connectivity index is 1.30. The molecule has 0 aliphatic carbocycles. The van der Waals surface area contributed by atoms with Crippen LogP contribution in [0, 0.1) is 0 Å². The summed E-state index contributed by atoms with van der Waals surface area (Å²) < 4.78 is 11.2. The maximum absolute atomic E-state index is 6.51. The third-order valence-electron chi connectivity index (χ3n) is 5.13. The van der Waals surface area contributed by atoms with Crippen LogP contribution in [0.1, 0.15) is 11.1 Å². The van der Waals surface area contributed by atoms with Crippen molar-refractivity contribution in [2.24, 2.45) is 0 Å². The molecule has 0 radical (unpaired) electrons. The summed E-state index contributed by atoms with van der Waals surface area (Å²) >= 11 is 18.6. The number of morpholine rings is 1. The molecule has 0 saturated carbocycles. The molecule has 1 aliphatic rings. The normalized spacial score (nSPS) is 13.8. The van der Waals surface area contributed by atoms with Crippen molar-refractivity contribution in [2.45, 2.75) is 13.2 Å². The summed E-state index contributed by atoms with van der Waals surface area (Å²) in [5, 5.41) is 5.39. The molecule has 0 amide bonds. The second-order valence-electron chi connectivity index (χ2n) is 7.29. The van der Waals surface area contributed by atoms with Crippen LogP contribution in [0.15, 0.2) is 60.7 Å². The van der Waals surface area contributed by atoms with Gasteiger partial charge in [0.05, 0.1) is 23.9 Å². The summed E-state index contributed by atoms with van der Waals surface area (Å²) in [5.74, 6) is 0.785. The Bertz CT molecular complexity index is 1020. The highest BCUT2D eigenvalue weighted by Crippen LogP contribution is 2.30. The van der Waals surface area contributed by atoms with E-state index in [-0.39, 0.29) is 0 Å². The van der Waals surface area contributed by atoms with Crippen molar-refractivity contribution in [1.29, 1.82) is 0 Å². The molecule has 1 heterocycles. The van der Waals surface area contributed by atoms with Crippen molar-refractivity contribution < 1.29 is 9.47 Å². The van der Waals surface area contributed by atoms with Crippen LogP contribution >= 0.6 is 34.8 Å². The van der Waals surface area contributed by atoms with Crippen molar-refractivity contribution in [3.8, 4) is 5.75 Å². The van der Waals surface area contributed by atoms with E-state index in [0.717, 1.165) is 59.6 Å². The Morgan fingerprint density at radius 3 is 2.35 bits per heavy atom. The Hall–Kier alpha value is -2.11. The number of anilines is 2. The molecule has 7 heteroatoms. The zero-order valence-corrected chi connectivity index (χ0v) is 19.2. The highest BCUT2D eigenvalue weighted by atomic mass is 35.5. The van der Waals surface area contributed by atoms with Gasteiger partial charge in [-0.1, -0.05) is 53.0 Å². The van der Waals surface area contributed by atoms with Gasteiger partial charge in [0.15, 0.2) is 0 Å². The molecule has 3 aromatic carbocycles. The molecule has 1 N–H and O–H groups in total. The quantitative estimate of drug-likeness (QED) is 0.412. The van der Waals surface area contributed by atoms with Gasteiger partial charge in [0.1, 0.15) is 12.4 Å². The fourth-order valence-electron chi connectivity index (χ4n) is 3.39. The van der Waals surface area contributed by atoms with E-state index in [1.54, 1.807) is 12.1 Å². The Kier molecular flexibility index (Phi) is 7.46. The van der Waals surface area contributed by atoms with Crippen LogP contribution in [0.2, 0.25) is 15.1 Å². The number of hydrogen-bond donors (Lipinski definition) is 1. The number of nitrogens with zero attached hydrogens (tertiary/aromatic N) is 1.